The van der Waals surface area contributed by atoms with E-state index >= 15 is 0 Å². The van der Waals surface area contributed by atoms with Gasteiger partial charge in [0, 0.05) is 53.2 Å². The van der Waals surface area contributed by atoms with Crippen LogP contribution in [0.3, 0.4) is 0 Å². The van der Waals surface area contributed by atoms with Crippen molar-refractivity contribution in [1.82, 2.24) is 20.2 Å². The number of aromatic amines is 2. The van der Waals surface area contributed by atoms with Gasteiger partial charge in [-0.05, 0) is 45.6 Å². The molecule has 0 amide bonds. The van der Waals surface area contributed by atoms with E-state index in [1.54, 1.807) is 0 Å². The second-order valence-electron chi connectivity index (χ2n) is 7.77. The molecule has 0 saturated carbocycles. The molecule has 0 aliphatic carbocycles. The lowest BCUT2D eigenvalue weighted by atomic mass is 9.97. The summed E-state index contributed by atoms with van der Waals surface area (Å²) in [6.07, 6.45) is 4.64. The molecule has 0 atom stereocenters. The minimum absolute atomic E-state index is 0.0300. The molecule has 31 heavy (non-hydrogen) atoms. The Morgan fingerprint density at radius 1 is 1.06 bits per heavy atom. The van der Waals surface area contributed by atoms with Crippen molar-refractivity contribution in [1.29, 1.82) is 0 Å². The molecule has 0 fully saturated rings. The van der Waals surface area contributed by atoms with Gasteiger partial charge in [0.1, 0.15) is 4.60 Å². The predicted octanol–water partition coefficient (Wildman–Crippen LogP) is 5.00. The molecule has 6 nitrogen and oxygen atoms in total. The average Bonchev–Trinajstić information content (AvgIpc) is 3.42. The van der Waals surface area contributed by atoms with Crippen LogP contribution >= 0.6 is 15.9 Å². The number of rotatable bonds is 3. The van der Waals surface area contributed by atoms with Gasteiger partial charge in [-0.25, -0.2) is 4.98 Å². The Hall–Kier alpha value is -3.45. The predicted molar refractivity (Wildman–Crippen MR) is 125 cm³/mol. The van der Waals surface area contributed by atoms with Gasteiger partial charge >= 0.3 is 0 Å². The summed E-state index contributed by atoms with van der Waals surface area (Å²) in [5.74, 6) is 0.0300. The molecule has 0 saturated heterocycles. The van der Waals surface area contributed by atoms with Gasteiger partial charge in [0.2, 0.25) is 0 Å². The van der Waals surface area contributed by atoms with Gasteiger partial charge in [-0.15, -0.1) is 0 Å². The van der Waals surface area contributed by atoms with Crippen LogP contribution in [0.4, 0.5) is 5.69 Å². The Kier molecular flexibility index (Phi) is 4.17. The summed E-state index contributed by atoms with van der Waals surface area (Å²) < 4.78 is 0.809. The summed E-state index contributed by atoms with van der Waals surface area (Å²) in [5.41, 5.74) is 6.70. The molecular weight excluding hydrogens is 454 g/mol. The van der Waals surface area contributed by atoms with E-state index in [0.717, 1.165) is 51.7 Å². The smallest absolute Gasteiger partial charge is 0.195 e. The molecule has 2 aromatic carbocycles. The summed E-state index contributed by atoms with van der Waals surface area (Å²) >= 11 is 3.54. The first-order chi connectivity index (χ1) is 15.2. The zero-order valence-corrected chi connectivity index (χ0v) is 18.1. The summed E-state index contributed by atoms with van der Waals surface area (Å²) in [5, 5.41) is 9.26. The molecule has 0 unspecified atom stereocenters. The van der Waals surface area contributed by atoms with Crippen LogP contribution in [0.5, 0.6) is 0 Å². The number of H-pyrrole nitrogens is 2. The standard InChI is InChI=1S/C24H18BrN5O/c25-23-21-16-9-10-30(13-15(16)11-27-24(21)29-28-23)19-8-4-7-18-20(19)17(12-26-18)22(31)14-5-2-1-3-6-14/h1-8,11-12,26H,9-10,13H2,(H,27,28,29). The number of hydrogen-bond donors (Lipinski definition) is 2. The third kappa shape index (κ3) is 2.88. The fourth-order valence-corrected chi connectivity index (χ4v) is 5.08. The average molecular weight is 472 g/mol. The minimum Gasteiger partial charge on any atom is -0.366 e. The number of hydrogen-bond acceptors (Lipinski definition) is 4. The first-order valence-corrected chi connectivity index (χ1v) is 10.9. The summed E-state index contributed by atoms with van der Waals surface area (Å²) in [7, 11) is 0. The van der Waals surface area contributed by atoms with Gasteiger partial charge in [0.25, 0.3) is 0 Å². The maximum Gasteiger partial charge on any atom is 0.195 e. The van der Waals surface area contributed by atoms with Gasteiger partial charge in [-0.1, -0.05) is 36.4 Å². The Bertz CT molecular complexity index is 1450. The van der Waals surface area contributed by atoms with E-state index in [9.17, 15) is 4.79 Å². The summed E-state index contributed by atoms with van der Waals surface area (Å²) in [6.45, 7) is 1.59. The normalized spacial score (nSPS) is 13.6. The Morgan fingerprint density at radius 2 is 1.94 bits per heavy atom. The first-order valence-electron chi connectivity index (χ1n) is 10.2. The molecule has 7 heteroatoms. The van der Waals surface area contributed by atoms with Crippen LogP contribution in [0.2, 0.25) is 0 Å². The van der Waals surface area contributed by atoms with E-state index < -0.39 is 0 Å². The lowest BCUT2D eigenvalue weighted by Gasteiger charge is -2.31. The molecule has 0 bridgehead atoms. The second kappa shape index (κ2) is 7.06. The number of nitrogens with zero attached hydrogens (tertiary/aromatic N) is 3. The quantitative estimate of drug-likeness (QED) is 0.363. The highest BCUT2D eigenvalue weighted by Gasteiger charge is 2.25. The fourth-order valence-electron chi connectivity index (χ4n) is 4.57. The number of ketones is 1. The van der Waals surface area contributed by atoms with Crippen molar-refractivity contribution < 1.29 is 4.79 Å². The highest BCUT2D eigenvalue weighted by Crippen LogP contribution is 2.36. The number of fused-ring (bicyclic) bond motifs is 4. The number of aromatic nitrogens is 4. The third-order valence-electron chi connectivity index (χ3n) is 6.04. The molecule has 152 valence electrons. The van der Waals surface area contributed by atoms with Crippen LogP contribution in [0.15, 0.2) is 65.5 Å². The molecule has 0 spiro atoms. The lowest BCUT2D eigenvalue weighted by molar-refractivity contribution is 0.104. The number of anilines is 1. The minimum atomic E-state index is 0.0300. The van der Waals surface area contributed by atoms with Crippen LogP contribution in [-0.2, 0) is 13.0 Å². The number of halogens is 1. The van der Waals surface area contributed by atoms with E-state index in [-0.39, 0.29) is 5.78 Å². The Labute approximate surface area is 186 Å². The second-order valence-corrected chi connectivity index (χ2v) is 8.52. The number of carbonyl (C=O) groups excluding carboxylic acids is 1. The summed E-state index contributed by atoms with van der Waals surface area (Å²) in [4.78, 5) is 23.4. The van der Waals surface area contributed by atoms with Crippen molar-refractivity contribution in [2.75, 3.05) is 11.4 Å². The third-order valence-corrected chi connectivity index (χ3v) is 6.61. The highest BCUT2D eigenvalue weighted by molar-refractivity contribution is 9.10. The van der Waals surface area contributed by atoms with Crippen LogP contribution in [0, 0.1) is 0 Å². The van der Waals surface area contributed by atoms with Crippen LogP contribution in [0.1, 0.15) is 27.0 Å². The molecule has 3 aromatic heterocycles. The van der Waals surface area contributed by atoms with Crippen molar-refractivity contribution in [2.24, 2.45) is 0 Å². The maximum absolute atomic E-state index is 13.2. The van der Waals surface area contributed by atoms with E-state index in [0.29, 0.717) is 11.1 Å². The molecule has 1 aliphatic heterocycles. The molecule has 4 heterocycles. The van der Waals surface area contributed by atoms with Crippen LogP contribution in [-0.4, -0.2) is 32.5 Å². The molecule has 6 rings (SSSR count). The topological polar surface area (TPSA) is 77.7 Å². The van der Waals surface area contributed by atoms with Crippen LogP contribution in [0.25, 0.3) is 21.9 Å². The lowest BCUT2D eigenvalue weighted by Crippen LogP contribution is -2.30. The fraction of sp³-hybridized carbons (Fsp3) is 0.125. The molecule has 1 aliphatic rings. The highest BCUT2D eigenvalue weighted by atomic mass is 79.9. The van der Waals surface area contributed by atoms with Gasteiger partial charge in [0.15, 0.2) is 11.4 Å². The van der Waals surface area contributed by atoms with E-state index in [4.69, 9.17) is 0 Å². The van der Waals surface area contributed by atoms with Crippen molar-refractivity contribution in [2.45, 2.75) is 13.0 Å². The zero-order valence-electron chi connectivity index (χ0n) is 16.5. The molecule has 2 N–H and O–H groups in total. The zero-order chi connectivity index (χ0) is 20.9. The number of benzene rings is 2. The number of pyridine rings is 1. The van der Waals surface area contributed by atoms with Crippen molar-refractivity contribution in [3.05, 3.63) is 87.8 Å². The first kappa shape index (κ1) is 18.3. The summed E-state index contributed by atoms with van der Waals surface area (Å²) in [6, 6.07) is 15.6. The largest absolute Gasteiger partial charge is 0.366 e. The van der Waals surface area contributed by atoms with E-state index in [2.05, 4.69) is 47.1 Å². The molecular formula is C24H18BrN5O. The monoisotopic (exact) mass is 471 g/mol. The van der Waals surface area contributed by atoms with Crippen molar-refractivity contribution in [3.8, 4) is 0 Å². The van der Waals surface area contributed by atoms with Crippen molar-refractivity contribution in [3.63, 3.8) is 0 Å². The van der Waals surface area contributed by atoms with Crippen molar-refractivity contribution >= 4 is 49.3 Å². The maximum atomic E-state index is 13.2. The van der Waals surface area contributed by atoms with Gasteiger partial charge in [0.05, 0.1) is 5.39 Å². The Morgan fingerprint density at radius 3 is 2.81 bits per heavy atom. The SMILES string of the molecule is O=C(c1ccccc1)c1c[nH]c2cccc(N3CCc4c(cnc5[nH]nc(Br)c45)C3)c12. The van der Waals surface area contributed by atoms with Gasteiger partial charge in [-0.2, -0.15) is 5.10 Å². The van der Waals surface area contributed by atoms with Gasteiger partial charge in [-0.3, -0.25) is 9.89 Å². The number of nitrogens with one attached hydrogen (secondary N) is 2. The molecule has 5 aromatic rings. The van der Waals surface area contributed by atoms with E-state index in [1.807, 2.05) is 54.9 Å². The van der Waals surface area contributed by atoms with Gasteiger partial charge < -0.3 is 9.88 Å². The number of carbonyl (C=O) groups is 1. The Balaban J connectivity index is 1.44. The van der Waals surface area contributed by atoms with Crippen LogP contribution < -0.4 is 4.90 Å². The molecule has 0 radical (unpaired) electrons. The van der Waals surface area contributed by atoms with E-state index in [1.165, 1.54) is 11.1 Å².